The minimum Gasteiger partial charge on any atom is -0.497 e. The number of aliphatic hydroxyl groups is 1. The first-order chi connectivity index (χ1) is 58.0. The summed E-state index contributed by atoms with van der Waals surface area (Å²) in [5.74, 6) is -20.5. The van der Waals surface area contributed by atoms with E-state index in [1.54, 1.807) is 99.8 Å². The van der Waals surface area contributed by atoms with Gasteiger partial charge >= 0.3 is 17.9 Å². The van der Waals surface area contributed by atoms with Crippen molar-refractivity contribution < 1.29 is 102 Å². The molecular weight excluding hydrogens is 1660 g/mol. The van der Waals surface area contributed by atoms with Gasteiger partial charge in [0.25, 0.3) is 0 Å². The van der Waals surface area contributed by atoms with Crippen LogP contribution in [-0.2, 0) is 109 Å². The Balaban J connectivity index is 1.30. The number of carbonyl (C=O) groups is 16. The Bertz CT molecular complexity index is 4500. The number of nitrogens with zero attached hydrogens (tertiary/aromatic N) is 1. The fraction of sp³-hybridized carbons (Fsp3) is 0.469. The van der Waals surface area contributed by atoms with Gasteiger partial charge in [-0.1, -0.05) is 155 Å². The first-order valence-electron chi connectivity index (χ1n) is 39.3. The number of carbonyl (C=O) groups excluding carboxylic acids is 13. The van der Waals surface area contributed by atoms with Crippen molar-refractivity contribution in [3.63, 3.8) is 0 Å². The lowest BCUT2D eigenvalue weighted by molar-refractivity contribution is -0.142. The van der Waals surface area contributed by atoms with Crippen LogP contribution in [0.25, 0.3) is 11.1 Å². The molecule has 4 aromatic carbocycles. The normalized spacial score (nSPS) is 22.2. The molecule has 0 radical (unpaired) electrons. The molecule has 5 aromatic rings. The number of carboxylic acid groups (broad SMARTS) is 3. The largest absolute Gasteiger partial charge is 0.497 e. The van der Waals surface area contributed by atoms with E-state index in [-0.39, 0.29) is 38.5 Å². The number of aromatic amines is 1. The summed E-state index contributed by atoms with van der Waals surface area (Å²) in [6, 6.07) is 10.8. The van der Waals surface area contributed by atoms with E-state index in [0.717, 1.165) is 65.4 Å². The van der Waals surface area contributed by atoms with Gasteiger partial charge in [0.05, 0.1) is 39.1 Å². The highest BCUT2D eigenvalue weighted by Crippen LogP contribution is 2.30. The smallest absolute Gasteiger partial charge is 0.327 e. The molecule has 122 heavy (non-hydrogen) atoms. The van der Waals surface area contributed by atoms with E-state index < -0.39 is 234 Å². The third-order valence-electron chi connectivity index (χ3n) is 19.6. The first-order valence-corrected chi connectivity index (χ1v) is 44.2. The Morgan fingerprint density at radius 2 is 1.23 bits per heavy atom. The molecule has 7 rings (SSSR count). The number of nitrogens with two attached hydrogens (primary N) is 1. The van der Waals surface area contributed by atoms with Crippen molar-refractivity contribution >= 4 is 138 Å². The topological polar surface area (TPSA) is 574 Å². The number of benzene rings is 4. The third kappa shape index (κ3) is 31.0. The lowest BCUT2D eigenvalue weighted by Crippen LogP contribution is -2.65. The van der Waals surface area contributed by atoms with E-state index in [4.69, 9.17) is 10.5 Å². The summed E-state index contributed by atoms with van der Waals surface area (Å²) >= 11 is 0. The lowest BCUT2D eigenvalue weighted by Gasteiger charge is -2.33. The minimum absolute atomic E-state index is 0.00534. The van der Waals surface area contributed by atoms with Crippen molar-refractivity contribution in [2.24, 2.45) is 11.7 Å². The van der Waals surface area contributed by atoms with Gasteiger partial charge in [-0.15, -0.1) is 0 Å². The molecular formula is C81H106N16O21S4. The van der Waals surface area contributed by atoms with Crippen molar-refractivity contribution in [2.45, 2.75) is 190 Å². The van der Waals surface area contributed by atoms with Gasteiger partial charge in [-0.25, -0.2) is 9.78 Å². The molecule has 0 saturated carbocycles. The van der Waals surface area contributed by atoms with Crippen LogP contribution in [0.5, 0.6) is 5.75 Å². The van der Waals surface area contributed by atoms with Gasteiger partial charge in [0.2, 0.25) is 76.8 Å². The monoisotopic (exact) mass is 1770 g/mol. The molecule has 2 aliphatic heterocycles. The molecule has 1 unspecified atom stereocenters. The molecule has 13 amide bonds. The number of aryl methyl sites for hydroxylation is 2. The molecule has 2 fully saturated rings. The van der Waals surface area contributed by atoms with Gasteiger partial charge in [0.1, 0.15) is 77.2 Å². The highest BCUT2D eigenvalue weighted by atomic mass is 33.1. The van der Waals surface area contributed by atoms with Crippen molar-refractivity contribution in [3.05, 3.63) is 144 Å². The number of aliphatic hydroxyl groups excluding tert-OH is 1. The summed E-state index contributed by atoms with van der Waals surface area (Å²) in [6.07, 6.45) is 0.655. The number of imidazole rings is 1. The second kappa shape index (κ2) is 47.8. The maximum Gasteiger partial charge on any atom is 0.327 e. The summed E-state index contributed by atoms with van der Waals surface area (Å²) in [5, 5.41) is 74.4. The van der Waals surface area contributed by atoms with Crippen LogP contribution in [-0.4, -0.2) is 246 Å². The zero-order valence-corrected chi connectivity index (χ0v) is 71.6. The average Bonchev–Trinajstić information content (AvgIpc) is 0.839. The summed E-state index contributed by atoms with van der Waals surface area (Å²) in [7, 11) is 4.70. The van der Waals surface area contributed by atoms with E-state index in [9.17, 15) is 73.2 Å². The van der Waals surface area contributed by atoms with Crippen molar-refractivity contribution in [2.75, 3.05) is 43.3 Å². The second-order valence-electron chi connectivity index (χ2n) is 30.3. The van der Waals surface area contributed by atoms with E-state index in [2.05, 4.69) is 79.1 Å². The van der Waals surface area contributed by atoms with Gasteiger partial charge in [-0.2, -0.15) is 0 Å². The Labute approximate surface area is 719 Å². The van der Waals surface area contributed by atoms with Gasteiger partial charge in [-0.05, 0) is 111 Å². The molecule has 660 valence electrons. The number of ether oxygens (including phenoxy) is 1. The standard InChI is InChI=1S/C81H106N16O21S4/c1-8-48-32-51(118-7)26-27-52(48)49-24-22-46(23-25-49)31-57-71(108)87-54(21-15-20-45-16-11-9-12-17-45)69(106)88-56(30-44(2)3)70(107)92-60-39-119-121-41-62(86-64(99)37-84-68(105)55(28-29-65(100)101)94-78(116)80(4,5)96-67(104)53(82)33-50-36-83-43-85-50)76(113)97-81(6,35-47-18-13-10-14-19-47)79(117)95-61(40-120-122-42-63(77(114)115)93-74(60)111)75(112)91-59(38-98)73(110)90-58(34-66(102)103)72(109)89-57/h9-14,16-19,22-27,32,36,43-44,53-63,98H,8,15,20-21,28-31,33-35,37-42,82H2,1-7H3,(H,83,85)(H,84,105)(H,86,99)(H,87,108)(H,88,106)(H,89,109)(H,90,110)(H,91,112)(H,92,107)(H,93,111)(H,94,116)(H,95,117)(H,96,104)(H,97,113)(H,100,101)(H,102,103)(H,114,115)/t53-,54-,55-,56-,57-,58-,59-,60-,61-,62-,63-,81?/m0/s1. The van der Waals surface area contributed by atoms with E-state index >= 15 is 24.0 Å². The number of methoxy groups -OCH3 is 1. The maximum absolute atomic E-state index is 15.4. The van der Waals surface area contributed by atoms with Crippen LogP contribution in [0.1, 0.15) is 108 Å². The number of hydrogen-bond acceptors (Lipinski definition) is 24. The molecule has 2 bridgehead atoms. The van der Waals surface area contributed by atoms with Gasteiger partial charge in [0.15, 0.2) is 0 Å². The van der Waals surface area contributed by atoms with Gasteiger partial charge < -0.3 is 105 Å². The molecule has 12 atom stereocenters. The lowest BCUT2D eigenvalue weighted by atomic mass is 9.90. The van der Waals surface area contributed by atoms with Crippen LogP contribution in [0.3, 0.4) is 0 Å². The van der Waals surface area contributed by atoms with Crippen LogP contribution in [0.2, 0.25) is 0 Å². The first kappa shape index (κ1) is 97.8. The molecule has 0 spiro atoms. The van der Waals surface area contributed by atoms with E-state index in [1.165, 1.54) is 33.3 Å². The number of fused-ring (bicyclic) bond motifs is 8. The third-order valence-corrected chi connectivity index (χ3v) is 24.4. The number of aromatic nitrogens is 2. The predicted octanol–water partition coefficient (Wildman–Crippen LogP) is 0.0122. The average molecular weight is 1770 g/mol. The number of H-pyrrole nitrogens is 1. The Hall–Kier alpha value is -11.3. The molecule has 37 nitrogen and oxygen atoms in total. The number of aliphatic carboxylic acids is 3. The molecule has 20 N–H and O–H groups in total. The van der Waals surface area contributed by atoms with Crippen molar-refractivity contribution in [3.8, 4) is 16.9 Å². The van der Waals surface area contributed by atoms with Crippen LogP contribution in [0.15, 0.2) is 116 Å². The van der Waals surface area contributed by atoms with Crippen molar-refractivity contribution in [1.29, 1.82) is 0 Å². The molecule has 2 saturated heterocycles. The van der Waals surface area contributed by atoms with E-state index in [1.807, 2.05) is 31.2 Å². The van der Waals surface area contributed by atoms with Gasteiger partial charge in [-0.3, -0.25) is 71.9 Å². The molecule has 0 aliphatic carbocycles. The maximum atomic E-state index is 15.4. The summed E-state index contributed by atoms with van der Waals surface area (Å²) in [4.78, 5) is 235. The molecule has 41 heteroatoms. The SMILES string of the molecule is CCc1cc(OC)ccc1-c1ccc(C[C@@H]2NC(=O)[C@H](CC(=O)O)NC(=O)[C@H](CO)NC(=O)[C@@H]3CSSC[C@@H](C(=O)O)NC(=O)[C@H](CSSC[C@H](NC(=O)CNC(=O)[C@H](CCC(=O)O)NC(=O)C(C)(C)NC(=O)[C@@H](N)Cc4cnc[nH]4)C(=O)NC(C)(Cc4ccccc4)C(=O)N3)NC(=O)[C@H](CC(C)C)NC(=O)[C@H](CCCc3ccccc3)NC2=O)cc1. The Kier molecular flexibility index (Phi) is 38.3. The fourth-order valence-corrected chi connectivity index (χ4v) is 17.4. The number of hydrogen-bond donors (Lipinski definition) is 19. The van der Waals surface area contributed by atoms with E-state index in [0.29, 0.717) is 35.4 Å². The van der Waals surface area contributed by atoms with Crippen LogP contribution in [0.4, 0.5) is 0 Å². The van der Waals surface area contributed by atoms with Crippen molar-refractivity contribution in [1.82, 2.24) is 79.1 Å². The zero-order valence-electron chi connectivity index (χ0n) is 68.3. The summed E-state index contributed by atoms with van der Waals surface area (Å²) < 4.78 is 5.46. The highest BCUT2D eigenvalue weighted by Gasteiger charge is 2.43. The Morgan fingerprint density at radius 3 is 1.84 bits per heavy atom. The van der Waals surface area contributed by atoms with Gasteiger partial charge in [0, 0.05) is 60.6 Å². The quantitative estimate of drug-likeness (QED) is 0.0269. The zero-order chi connectivity index (χ0) is 89.4. The minimum atomic E-state index is -2.18. The molecule has 2 aliphatic rings. The number of amides is 13. The molecule has 1 aromatic heterocycles. The number of nitrogens with one attached hydrogen (secondary N) is 14. The Morgan fingerprint density at radius 1 is 0.648 bits per heavy atom. The number of carboxylic acids is 3. The van der Waals surface area contributed by atoms with Crippen LogP contribution < -0.4 is 79.6 Å². The predicted molar refractivity (Wildman–Crippen MR) is 456 cm³/mol. The number of rotatable bonds is 30. The van der Waals surface area contributed by atoms with Crippen LogP contribution >= 0.6 is 43.2 Å². The molecule has 3 heterocycles. The summed E-state index contributed by atoms with van der Waals surface area (Å²) in [6.45, 7) is 7.03. The fourth-order valence-electron chi connectivity index (χ4n) is 12.8. The second-order valence-corrected chi connectivity index (χ2v) is 35.4. The highest BCUT2D eigenvalue weighted by molar-refractivity contribution is 8.77. The summed E-state index contributed by atoms with van der Waals surface area (Å²) in [5.41, 5.74) is 6.91. The van der Waals surface area contributed by atoms with Crippen LogP contribution in [0, 0.1) is 5.92 Å².